The summed E-state index contributed by atoms with van der Waals surface area (Å²) >= 11 is 0. The molecule has 124 valence electrons. The number of carboxylic acid groups (broad SMARTS) is 1. The SMILES string of the molecule is COc1cc(NC(=O)/C=C/c2ccccc2)c(C(=O)[O-])cc1OC. The number of benzene rings is 2. The number of methoxy groups -OCH3 is 2. The van der Waals surface area contributed by atoms with Crippen molar-refractivity contribution in [2.75, 3.05) is 19.5 Å². The molecule has 2 aromatic rings. The van der Waals surface area contributed by atoms with Gasteiger partial charge in [0.25, 0.3) is 0 Å². The maximum absolute atomic E-state index is 12.0. The first-order valence-corrected chi connectivity index (χ1v) is 7.06. The summed E-state index contributed by atoms with van der Waals surface area (Å²) in [6.45, 7) is 0. The molecule has 0 saturated heterocycles. The number of hydrogen-bond acceptors (Lipinski definition) is 5. The van der Waals surface area contributed by atoms with E-state index in [1.165, 1.54) is 32.4 Å². The normalized spacial score (nSPS) is 10.4. The average molecular weight is 326 g/mol. The minimum atomic E-state index is -1.43. The van der Waals surface area contributed by atoms with Gasteiger partial charge in [0.05, 0.1) is 25.9 Å². The molecule has 0 aromatic heterocycles. The Morgan fingerprint density at radius 3 is 2.25 bits per heavy atom. The minimum absolute atomic E-state index is 0.0651. The van der Waals surface area contributed by atoms with E-state index >= 15 is 0 Å². The van der Waals surface area contributed by atoms with Crippen LogP contribution in [0.5, 0.6) is 11.5 Å². The van der Waals surface area contributed by atoms with Crippen molar-refractivity contribution >= 4 is 23.6 Å². The van der Waals surface area contributed by atoms with Crippen LogP contribution in [0.1, 0.15) is 15.9 Å². The fourth-order valence-corrected chi connectivity index (χ4v) is 2.06. The molecule has 0 bridgehead atoms. The molecule has 0 atom stereocenters. The van der Waals surface area contributed by atoms with Crippen molar-refractivity contribution in [3.05, 3.63) is 59.7 Å². The van der Waals surface area contributed by atoms with Crippen LogP contribution in [0.15, 0.2) is 48.5 Å². The molecule has 6 nitrogen and oxygen atoms in total. The maximum atomic E-state index is 12.0. The Bertz CT molecular complexity index is 768. The highest BCUT2D eigenvalue weighted by Gasteiger charge is 2.13. The van der Waals surface area contributed by atoms with Crippen LogP contribution in [0, 0.1) is 0 Å². The Labute approximate surface area is 139 Å². The third kappa shape index (κ3) is 4.13. The molecule has 0 aliphatic carbocycles. The minimum Gasteiger partial charge on any atom is -0.545 e. The first kappa shape index (κ1) is 17.1. The highest BCUT2D eigenvalue weighted by molar-refractivity contribution is 6.06. The second kappa shape index (κ2) is 7.82. The van der Waals surface area contributed by atoms with Gasteiger partial charge in [-0.15, -0.1) is 0 Å². The number of amides is 1. The fourth-order valence-electron chi connectivity index (χ4n) is 2.06. The molecule has 0 unspecified atom stereocenters. The van der Waals surface area contributed by atoms with Gasteiger partial charge >= 0.3 is 0 Å². The molecule has 6 heteroatoms. The molecule has 0 saturated carbocycles. The highest BCUT2D eigenvalue weighted by Crippen LogP contribution is 2.33. The molecule has 0 radical (unpaired) electrons. The van der Waals surface area contributed by atoms with E-state index in [1.807, 2.05) is 30.3 Å². The van der Waals surface area contributed by atoms with Crippen molar-refractivity contribution in [3.63, 3.8) is 0 Å². The van der Waals surface area contributed by atoms with Crippen molar-refractivity contribution < 1.29 is 24.2 Å². The second-order valence-corrected chi connectivity index (χ2v) is 4.77. The lowest BCUT2D eigenvalue weighted by Gasteiger charge is -2.15. The van der Waals surface area contributed by atoms with Gasteiger partial charge in [-0.3, -0.25) is 4.79 Å². The van der Waals surface area contributed by atoms with Crippen molar-refractivity contribution in [1.82, 2.24) is 0 Å². The quantitative estimate of drug-likeness (QED) is 0.817. The Balaban J connectivity index is 2.26. The second-order valence-electron chi connectivity index (χ2n) is 4.77. The van der Waals surface area contributed by atoms with E-state index in [-0.39, 0.29) is 17.0 Å². The Hall–Kier alpha value is -3.28. The zero-order chi connectivity index (χ0) is 17.5. The maximum Gasteiger partial charge on any atom is 0.248 e. The molecule has 24 heavy (non-hydrogen) atoms. The van der Waals surface area contributed by atoms with Crippen LogP contribution in [0.4, 0.5) is 5.69 Å². The van der Waals surface area contributed by atoms with Crippen molar-refractivity contribution in [2.45, 2.75) is 0 Å². The van der Waals surface area contributed by atoms with Gasteiger partial charge in [0.15, 0.2) is 11.5 Å². The molecule has 1 N–H and O–H groups in total. The van der Waals surface area contributed by atoms with Gasteiger partial charge in [-0.25, -0.2) is 0 Å². The number of rotatable bonds is 6. The van der Waals surface area contributed by atoms with E-state index in [0.717, 1.165) is 5.56 Å². The van der Waals surface area contributed by atoms with Gasteiger partial charge in [-0.1, -0.05) is 30.3 Å². The molecular weight excluding hydrogens is 310 g/mol. The lowest BCUT2D eigenvalue weighted by Crippen LogP contribution is -2.24. The third-order valence-corrected chi connectivity index (χ3v) is 3.23. The Kier molecular flexibility index (Phi) is 5.57. The number of ether oxygens (including phenoxy) is 2. The highest BCUT2D eigenvalue weighted by atomic mass is 16.5. The van der Waals surface area contributed by atoms with Gasteiger partial charge in [0.2, 0.25) is 5.91 Å². The van der Waals surface area contributed by atoms with E-state index in [0.29, 0.717) is 5.75 Å². The summed E-state index contributed by atoms with van der Waals surface area (Å²) in [6.07, 6.45) is 2.93. The summed E-state index contributed by atoms with van der Waals surface area (Å²) in [5.41, 5.74) is 0.713. The molecule has 2 rings (SSSR count). The van der Waals surface area contributed by atoms with Crippen molar-refractivity contribution in [2.24, 2.45) is 0 Å². The average Bonchev–Trinajstić information content (AvgIpc) is 2.60. The first-order valence-electron chi connectivity index (χ1n) is 7.06. The molecule has 2 aromatic carbocycles. The summed E-state index contributed by atoms with van der Waals surface area (Å²) in [5, 5.41) is 13.8. The van der Waals surface area contributed by atoms with Crippen LogP contribution in [0.3, 0.4) is 0 Å². The number of nitrogens with one attached hydrogen (secondary N) is 1. The number of carbonyl (C=O) groups excluding carboxylic acids is 2. The summed E-state index contributed by atoms with van der Waals surface area (Å²) in [5.74, 6) is -1.38. The zero-order valence-electron chi connectivity index (χ0n) is 13.2. The molecule has 1 amide bonds. The third-order valence-electron chi connectivity index (χ3n) is 3.23. The number of aromatic carboxylic acids is 1. The van der Waals surface area contributed by atoms with Crippen LogP contribution in [-0.2, 0) is 4.79 Å². The largest absolute Gasteiger partial charge is 0.545 e. The molecule has 0 aliphatic rings. The van der Waals surface area contributed by atoms with Crippen LogP contribution < -0.4 is 19.9 Å². The number of hydrogen-bond donors (Lipinski definition) is 1. The number of carbonyl (C=O) groups is 2. The summed E-state index contributed by atoms with van der Waals surface area (Å²) in [6, 6.07) is 11.9. The first-order chi connectivity index (χ1) is 11.5. The topological polar surface area (TPSA) is 87.7 Å². The lowest BCUT2D eigenvalue weighted by atomic mass is 10.1. The van der Waals surface area contributed by atoms with Crippen molar-refractivity contribution in [3.8, 4) is 11.5 Å². The zero-order valence-corrected chi connectivity index (χ0v) is 13.2. The van der Waals surface area contributed by atoms with Crippen LogP contribution >= 0.6 is 0 Å². The fraction of sp³-hybridized carbons (Fsp3) is 0.111. The smallest absolute Gasteiger partial charge is 0.248 e. The molecular formula is C18H16NO5-. The van der Waals surface area contributed by atoms with E-state index in [9.17, 15) is 14.7 Å². The van der Waals surface area contributed by atoms with E-state index < -0.39 is 11.9 Å². The molecule has 0 heterocycles. The predicted octanol–water partition coefficient (Wildman–Crippen LogP) is 1.72. The van der Waals surface area contributed by atoms with Gasteiger partial charge < -0.3 is 24.7 Å². The van der Waals surface area contributed by atoms with Crippen LogP contribution in [0.2, 0.25) is 0 Å². The summed E-state index contributed by atoms with van der Waals surface area (Å²) in [4.78, 5) is 23.3. The van der Waals surface area contributed by atoms with E-state index in [4.69, 9.17) is 9.47 Å². The van der Waals surface area contributed by atoms with Gasteiger partial charge in [0.1, 0.15) is 0 Å². The van der Waals surface area contributed by atoms with Gasteiger partial charge in [-0.05, 0) is 17.7 Å². The van der Waals surface area contributed by atoms with E-state index in [2.05, 4.69) is 5.32 Å². The Morgan fingerprint density at radius 1 is 1.04 bits per heavy atom. The predicted molar refractivity (Wildman–Crippen MR) is 88.0 cm³/mol. The number of carboxylic acids is 1. The van der Waals surface area contributed by atoms with Gasteiger partial charge in [0, 0.05) is 17.7 Å². The lowest BCUT2D eigenvalue weighted by molar-refractivity contribution is -0.254. The Morgan fingerprint density at radius 2 is 1.67 bits per heavy atom. The monoisotopic (exact) mass is 326 g/mol. The van der Waals surface area contributed by atoms with E-state index in [1.54, 1.807) is 6.08 Å². The standard InChI is InChI=1S/C18H17NO5/c1-23-15-10-13(18(21)22)14(11-16(15)24-2)19-17(20)9-8-12-6-4-3-5-7-12/h3-11H,1-2H3,(H,19,20)(H,21,22)/p-1/b9-8+. The van der Waals surface area contributed by atoms with Crippen LogP contribution in [0.25, 0.3) is 6.08 Å². The summed E-state index contributed by atoms with van der Waals surface area (Å²) in [7, 11) is 2.80. The molecule has 0 fully saturated rings. The van der Waals surface area contributed by atoms with Gasteiger partial charge in [-0.2, -0.15) is 0 Å². The number of anilines is 1. The van der Waals surface area contributed by atoms with Crippen LogP contribution in [-0.4, -0.2) is 26.1 Å². The summed E-state index contributed by atoms with van der Waals surface area (Å²) < 4.78 is 10.2. The molecule has 0 spiro atoms. The van der Waals surface area contributed by atoms with Crippen molar-refractivity contribution in [1.29, 1.82) is 0 Å². The molecule has 0 aliphatic heterocycles.